The van der Waals surface area contributed by atoms with E-state index in [0.29, 0.717) is 30.3 Å². The number of benzene rings is 2. The molecular weight excluding hydrogens is 314 g/mol. The minimum absolute atomic E-state index is 0.233. The van der Waals surface area contributed by atoms with Crippen molar-refractivity contribution in [2.24, 2.45) is 0 Å². The molecule has 7 nitrogen and oxygen atoms in total. The maximum absolute atomic E-state index is 12.3. The van der Waals surface area contributed by atoms with Crippen LogP contribution < -0.4 is 14.8 Å². The number of fused-ring (bicyclic) bond motifs is 1. The van der Waals surface area contributed by atoms with E-state index in [1.54, 1.807) is 18.2 Å². The number of rotatable bonds is 3. The molecule has 7 heteroatoms. The number of hydrogen-bond donors (Lipinski definition) is 3. The summed E-state index contributed by atoms with van der Waals surface area (Å²) in [5.74, 6) is -0.975. The largest absolute Gasteiger partial charge is 0.507 e. The van der Waals surface area contributed by atoms with Gasteiger partial charge in [-0.05, 0) is 30.3 Å². The van der Waals surface area contributed by atoms with E-state index >= 15 is 0 Å². The van der Waals surface area contributed by atoms with Crippen LogP contribution in [0.1, 0.15) is 27.1 Å². The number of amides is 1. The standard InChI is InChI=1S/C17H15NO6/c19-13-9-11(3-4-12(13)17(21)22)18-16(20)10-2-5-14-15(8-10)24-7-1-6-23-14/h2-5,8-9,19H,1,6-7H2,(H,18,20)(H,21,22). The van der Waals surface area contributed by atoms with Crippen LogP contribution in [-0.4, -0.2) is 35.3 Å². The molecule has 2 aromatic carbocycles. The molecule has 0 aromatic heterocycles. The Morgan fingerprint density at radius 1 is 1.00 bits per heavy atom. The van der Waals surface area contributed by atoms with E-state index in [4.69, 9.17) is 14.6 Å². The molecule has 124 valence electrons. The van der Waals surface area contributed by atoms with Crippen LogP contribution in [0.25, 0.3) is 0 Å². The van der Waals surface area contributed by atoms with Crippen molar-refractivity contribution in [2.45, 2.75) is 6.42 Å². The molecule has 0 radical (unpaired) electrons. The van der Waals surface area contributed by atoms with Crippen LogP contribution in [0.2, 0.25) is 0 Å². The van der Waals surface area contributed by atoms with Crippen molar-refractivity contribution < 1.29 is 29.3 Å². The lowest BCUT2D eigenvalue weighted by atomic mass is 10.1. The maximum Gasteiger partial charge on any atom is 0.339 e. The second kappa shape index (κ2) is 6.49. The first-order chi connectivity index (χ1) is 11.5. The third kappa shape index (κ3) is 3.24. The number of nitrogens with one attached hydrogen (secondary N) is 1. The molecule has 0 saturated heterocycles. The van der Waals surface area contributed by atoms with Crippen molar-refractivity contribution in [3.63, 3.8) is 0 Å². The fourth-order valence-corrected chi connectivity index (χ4v) is 2.30. The van der Waals surface area contributed by atoms with Gasteiger partial charge >= 0.3 is 5.97 Å². The van der Waals surface area contributed by atoms with Crippen molar-refractivity contribution in [2.75, 3.05) is 18.5 Å². The summed E-state index contributed by atoms with van der Waals surface area (Å²) in [4.78, 5) is 23.2. The number of phenols is 1. The molecule has 0 unspecified atom stereocenters. The number of hydrogen-bond acceptors (Lipinski definition) is 5. The van der Waals surface area contributed by atoms with E-state index in [0.717, 1.165) is 6.42 Å². The molecule has 0 bridgehead atoms. The molecule has 0 saturated carbocycles. The van der Waals surface area contributed by atoms with E-state index in [2.05, 4.69) is 5.32 Å². The van der Waals surface area contributed by atoms with Gasteiger partial charge in [-0.25, -0.2) is 4.79 Å². The lowest BCUT2D eigenvalue weighted by molar-refractivity contribution is 0.0693. The summed E-state index contributed by atoms with van der Waals surface area (Å²) in [6, 6.07) is 8.67. The minimum atomic E-state index is -1.24. The first-order valence-electron chi connectivity index (χ1n) is 7.32. The molecule has 1 aliphatic heterocycles. The molecule has 24 heavy (non-hydrogen) atoms. The highest BCUT2D eigenvalue weighted by Gasteiger charge is 2.15. The quantitative estimate of drug-likeness (QED) is 0.799. The van der Waals surface area contributed by atoms with E-state index in [-0.39, 0.29) is 11.3 Å². The van der Waals surface area contributed by atoms with Crippen molar-refractivity contribution in [3.05, 3.63) is 47.5 Å². The zero-order valence-electron chi connectivity index (χ0n) is 12.6. The van der Waals surface area contributed by atoms with Gasteiger partial charge in [0.05, 0.1) is 13.2 Å². The summed E-state index contributed by atoms with van der Waals surface area (Å²) in [5.41, 5.74) is 0.416. The first kappa shape index (κ1) is 15.7. The number of carbonyl (C=O) groups is 2. The second-order valence-electron chi connectivity index (χ2n) is 5.20. The average Bonchev–Trinajstić information content (AvgIpc) is 2.79. The molecule has 1 heterocycles. The lowest BCUT2D eigenvalue weighted by Gasteiger charge is -2.10. The summed E-state index contributed by atoms with van der Waals surface area (Å²) in [6.45, 7) is 1.08. The van der Waals surface area contributed by atoms with Crippen LogP contribution in [0.3, 0.4) is 0 Å². The number of aromatic hydroxyl groups is 1. The van der Waals surface area contributed by atoms with Gasteiger partial charge in [-0.2, -0.15) is 0 Å². The predicted octanol–water partition coefficient (Wildman–Crippen LogP) is 2.50. The highest BCUT2D eigenvalue weighted by Crippen LogP contribution is 2.31. The third-order valence-corrected chi connectivity index (χ3v) is 3.50. The Labute approximate surface area is 137 Å². The normalized spacial score (nSPS) is 13.0. The SMILES string of the molecule is O=C(Nc1ccc(C(=O)O)c(O)c1)c1ccc2c(c1)OCCCO2. The van der Waals surface area contributed by atoms with Gasteiger partial charge in [0.25, 0.3) is 5.91 Å². The zero-order chi connectivity index (χ0) is 17.1. The molecule has 1 aliphatic rings. The van der Waals surface area contributed by atoms with Crippen LogP contribution in [0.15, 0.2) is 36.4 Å². The smallest absolute Gasteiger partial charge is 0.339 e. The number of carboxylic acids is 1. The molecule has 0 fully saturated rings. The summed E-state index contributed by atoms with van der Waals surface area (Å²) in [6.07, 6.45) is 0.769. The molecule has 1 amide bonds. The van der Waals surface area contributed by atoms with Gasteiger partial charge in [-0.15, -0.1) is 0 Å². The summed E-state index contributed by atoms with van der Waals surface area (Å²) in [7, 11) is 0. The molecule has 2 aromatic rings. The Bertz CT molecular complexity index is 802. The number of ether oxygens (including phenoxy) is 2. The van der Waals surface area contributed by atoms with Gasteiger partial charge in [0, 0.05) is 23.7 Å². The molecular formula is C17H15NO6. The Morgan fingerprint density at radius 3 is 2.46 bits per heavy atom. The topological polar surface area (TPSA) is 105 Å². The van der Waals surface area contributed by atoms with Crippen molar-refractivity contribution in [3.8, 4) is 17.2 Å². The van der Waals surface area contributed by atoms with Crippen LogP contribution >= 0.6 is 0 Å². The van der Waals surface area contributed by atoms with E-state index in [1.807, 2.05) is 0 Å². The minimum Gasteiger partial charge on any atom is -0.507 e. The van der Waals surface area contributed by atoms with Gasteiger partial charge in [0.1, 0.15) is 11.3 Å². The third-order valence-electron chi connectivity index (χ3n) is 3.50. The highest BCUT2D eigenvalue weighted by molar-refractivity contribution is 6.05. The molecule has 0 atom stereocenters. The Hall–Kier alpha value is -3.22. The average molecular weight is 329 g/mol. The monoisotopic (exact) mass is 329 g/mol. The summed E-state index contributed by atoms with van der Waals surface area (Å²) in [5, 5.41) is 21.1. The number of carboxylic acid groups (broad SMARTS) is 1. The number of carbonyl (C=O) groups excluding carboxylic acids is 1. The number of aromatic carboxylic acids is 1. The zero-order valence-corrected chi connectivity index (χ0v) is 12.6. The summed E-state index contributed by atoms with van der Waals surface area (Å²) < 4.78 is 11.0. The number of anilines is 1. The first-order valence-corrected chi connectivity index (χ1v) is 7.32. The van der Waals surface area contributed by atoms with Gasteiger partial charge in [0.2, 0.25) is 0 Å². The van der Waals surface area contributed by atoms with Crippen LogP contribution in [0.5, 0.6) is 17.2 Å². The van der Waals surface area contributed by atoms with Crippen molar-refractivity contribution in [1.29, 1.82) is 0 Å². The molecule has 0 spiro atoms. The van der Waals surface area contributed by atoms with Gasteiger partial charge in [-0.1, -0.05) is 0 Å². The molecule has 0 aliphatic carbocycles. The molecule has 3 N–H and O–H groups in total. The highest BCUT2D eigenvalue weighted by atomic mass is 16.5. The van der Waals surface area contributed by atoms with E-state index in [1.165, 1.54) is 18.2 Å². The Kier molecular flexibility index (Phi) is 4.24. The second-order valence-corrected chi connectivity index (χ2v) is 5.20. The fraction of sp³-hybridized carbons (Fsp3) is 0.176. The summed E-state index contributed by atoms with van der Waals surface area (Å²) >= 11 is 0. The Morgan fingerprint density at radius 2 is 1.75 bits per heavy atom. The predicted molar refractivity (Wildman–Crippen MR) is 85.1 cm³/mol. The maximum atomic E-state index is 12.3. The van der Waals surface area contributed by atoms with Crippen LogP contribution in [0, 0.1) is 0 Å². The van der Waals surface area contributed by atoms with Crippen LogP contribution in [0.4, 0.5) is 5.69 Å². The van der Waals surface area contributed by atoms with Gasteiger partial charge < -0.3 is 25.0 Å². The fourth-order valence-electron chi connectivity index (χ4n) is 2.30. The van der Waals surface area contributed by atoms with Crippen LogP contribution in [-0.2, 0) is 0 Å². The van der Waals surface area contributed by atoms with E-state index in [9.17, 15) is 14.7 Å². The van der Waals surface area contributed by atoms with E-state index < -0.39 is 17.6 Å². The van der Waals surface area contributed by atoms with Gasteiger partial charge in [0.15, 0.2) is 11.5 Å². The van der Waals surface area contributed by atoms with Crippen molar-refractivity contribution in [1.82, 2.24) is 0 Å². The lowest BCUT2D eigenvalue weighted by Crippen LogP contribution is -2.12. The molecule has 3 rings (SSSR count). The van der Waals surface area contributed by atoms with Gasteiger partial charge in [-0.3, -0.25) is 4.79 Å². The Balaban J connectivity index is 1.79. The van der Waals surface area contributed by atoms with Crippen molar-refractivity contribution >= 4 is 17.6 Å².